The van der Waals surface area contributed by atoms with Crippen LogP contribution in [0.25, 0.3) is 0 Å². The molecule has 0 spiro atoms. The predicted molar refractivity (Wildman–Crippen MR) is 82.1 cm³/mol. The van der Waals surface area contributed by atoms with Crippen molar-refractivity contribution in [3.8, 4) is 0 Å². The van der Waals surface area contributed by atoms with Crippen molar-refractivity contribution in [3.05, 3.63) is 35.4 Å². The number of aryl methyl sites for hydroxylation is 1. The van der Waals surface area contributed by atoms with E-state index in [1.165, 1.54) is 11.1 Å². The molecule has 0 heterocycles. The van der Waals surface area contributed by atoms with Gasteiger partial charge in [0.05, 0.1) is 6.54 Å². The maximum atomic E-state index is 5.71. The molecule has 0 saturated carbocycles. The van der Waals surface area contributed by atoms with E-state index in [1.807, 2.05) is 11.8 Å². The Balaban J connectivity index is 2.17. The standard InChI is InChI=1S/C14H23N3S/c1-11(2)17-14(15)16-8-9-18-10-13-6-4-12(3)5-7-13/h4-7,11H,8-10H2,1-3H3,(H3,15,16,17). The normalized spacial score (nSPS) is 11.9. The van der Waals surface area contributed by atoms with Crippen LogP contribution in [0.15, 0.2) is 29.3 Å². The summed E-state index contributed by atoms with van der Waals surface area (Å²) in [5, 5.41) is 3.08. The molecule has 0 aliphatic heterocycles. The molecule has 3 N–H and O–H groups in total. The summed E-state index contributed by atoms with van der Waals surface area (Å²) in [5.74, 6) is 2.57. The molecule has 100 valence electrons. The fourth-order valence-corrected chi connectivity index (χ4v) is 2.24. The molecule has 0 fully saturated rings. The van der Waals surface area contributed by atoms with Gasteiger partial charge in [-0.25, -0.2) is 0 Å². The fraction of sp³-hybridized carbons (Fsp3) is 0.500. The fourth-order valence-electron chi connectivity index (χ4n) is 1.45. The van der Waals surface area contributed by atoms with Crippen molar-refractivity contribution in [3.63, 3.8) is 0 Å². The maximum Gasteiger partial charge on any atom is 0.188 e. The van der Waals surface area contributed by atoms with Crippen LogP contribution in [0.4, 0.5) is 0 Å². The first-order valence-electron chi connectivity index (χ1n) is 6.27. The van der Waals surface area contributed by atoms with Gasteiger partial charge in [0.15, 0.2) is 5.96 Å². The van der Waals surface area contributed by atoms with Gasteiger partial charge in [-0.05, 0) is 26.3 Å². The van der Waals surface area contributed by atoms with Crippen molar-refractivity contribution in [1.82, 2.24) is 5.32 Å². The maximum absolute atomic E-state index is 5.71. The molecule has 0 aromatic heterocycles. The molecule has 1 rings (SSSR count). The van der Waals surface area contributed by atoms with Crippen molar-refractivity contribution in [2.75, 3.05) is 12.3 Å². The first kappa shape index (κ1) is 14.9. The number of aliphatic imine (C=N–C) groups is 1. The van der Waals surface area contributed by atoms with Gasteiger partial charge in [0.25, 0.3) is 0 Å². The molecule has 0 aliphatic rings. The summed E-state index contributed by atoms with van der Waals surface area (Å²) in [4.78, 5) is 4.27. The average molecular weight is 265 g/mol. The van der Waals surface area contributed by atoms with Crippen molar-refractivity contribution in [2.45, 2.75) is 32.6 Å². The third-order valence-electron chi connectivity index (χ3n) is 2.34. The topological polar surface area (TPSA) is 50.4 Å². The molecule has 18 heavy (non-hydrogen) atoms. The number of guanidine groups is 1. The Morgan fingerprint density at radius 3 is 2.61 bits per heavy atom. The summed E-state index contributed by atoms with van der Waals surface area (Å²) in [6.45, 7) is 6.97. The van der Waals surface area contributed by atoms with Gasteiger partial charge in [0.2, 0.25) is 0 Å². The van der Waals surface area contributed by atoms with E-state index in [-0.39, 0.29) is 0 Å². The first-order valence-corrected chi connectivity index (χ1v) is 7.43. The van der Waals surface area contributed by atoms with Crippen LogP contribution in [0.1, 0.15) is 25.0 Å². The van der Waals surface area contributed by atoms with Crippen LogP contribution in [0.2, 0.25) is 0 Å². The minimum absolute atomic E-state index is 0.342. The SMILES string of the molecule is Cc1ccc(CSCCN=C(N)NC(C)C)cc1. The van der Waals surface area contributed by atoms with E-state index >= 15 is 0 Å². The van der Waals surface area contributed by atoms with Crippen LogP contribution in [0, 0.1) is 6.92 Å². The molecule has 0 bridgehead atoms. The zero-order valence-electron chi connectivity index (χ0n) is 11.4. The van der Waals surface area contributed by atoms with E-state index in [2.05, 4.69) is 55.3 Å². The van der Waals surface area contributed by atoms with Gasteiger partial charge < -0.3 is 11.1 Å². The molecule has 1 aromatic rings. The Bertz CT molecular complexity index is 371. The number of nitrogens with zero attached hydrogens (tertiary/aromatic N) is 1. The number of nitrogens with two attached hydrogens (primary N) is 1. The van der Waals surface area contributed by atoms with Crippen LogP contribution >= 0.6 is 11.8 Å². The second kappa shape index (κ2) is 8.03. The van der Waals surface area contributed by atoms with E-state index in [0.29, 0.717) is 12.0 Å². The lowest BCUT2D eigenvalue weighted by Crippen LogP contribution is -2.36. The van der Waals surface area contributed by atoms with Crippen molar-refractivity contribution in [1.29, 1.82) is 0 Å². The second-order valence-electron chi connectivity index (χ2n) is 4.60. The third-order valence-corrected chi connectivity index (χ3v) is 3.35. The number of thioether (sulfide) groups is 1. The number of benzene rings is 1. The smallest absolute Gasteiger partial charge is 0.188 e. The van der Waals surface area contributed by atoms with Gasteiger partial charge in [-0.3, -0.25) is 4.99 Å². The average Bonchev–Trinajstić information content (AvgIpc) is 2.30. The molecule has 0 radical (unpaired) electrons. The Labute approximate surface area is 114 Å². The van der Waals surface area contributed by atoms with Gasteiger partial charge >= 0.3 is 0 Å². The summed E-state index contributed by atoms with van der Waals surface area (Å²) >= 11 is 1.88. The lowest BCUT2D eigenvalue weighted by atomic mass is 10.2. The summed E-state index contributed by atoms with van der Waals surface area (Å²) in [6, 6.07) is 9.01. The van der Waals surface area contributed by atoms with Crippen molar-refractivity contribution < 1.29 is 0 Å². The molecular formula is C14H23N3S. The van der Waals surface area contributed by atoms with Gasteiger partial charge in [-0.15, -0.1) is 0 Å². The highest BCUT2D eigenvalue weighted by Crippen LogP contribution is 2.12. The minimum Gasteiger partial charge on any atom is -0.370 e. The van der Waals surface area contributed by atoms with E-state index in [0.717, 1.165) is 18.1 Å². The third kappa shape index (κ3) is 6.55. The van der Waals surface area contributed by atoms with Crippen LogP contribution in [-0.4, -0.2) is 24.3 Å². The van der Waals surface area contributed by atoms with Crippen molar-refractivity contribution in [2.24, 2.45) is 10.7 Å². The molecule has 0 atom stereocenters. The Morgan fingerprint density at radius 1 is 1.33 bits per heavy atom. The Hall–Kier alpha value is -1.16. The predicted octanol–water partition coefficient (Wildman–Crippen LogP) is 2.54. The molecule has 0 amide bonds. The van der Waals surface area contributed by atoms with Crippen LogP contribution in [-0.2, 0) is 5.75 Å². The van der Waals surface area contributed by atoms with Crippen LogP contribution in [0.3, 0.4) is 0 Å². The second-order valence-corrected chi connectivity index (χ2v) is 5.71. The number of nitrogens with one attached hydrogen (secondary N) is 1. The van der Waals surface area contributed by atoms with E-state index in [9.17, 15) is 0 Å². The molecule has 0 saturated heterocycles. The summed E-state index contributed by atoms with van der Waals surface area (Å²) < 4.78 is 0. The highest BCUT2D eigenvalue weighted by molar-refractivity contribution is 7.98. The van der Waals surface area contributed by atoms with E-state index in [1.54, 1.807) is 0 Å². The first-order chi connectivity index (χ1) is 8.58. The summed E-state index contributed by atoms with van der Waals surface area (Å²) in [7, 11) is 0. The molecule has 0 aliphatic carbocycles. The van der Waals surface area contributed by atoms with Gasteiger partial charge in [0.1, 0.15) is 0 Å². The number of rotatable bonds is 6. The summed E-state index contributed by atoms with van der Waals surface area (Å²) in [5.41, 5.74) is 8.38. The van der Waals surface area contributed by atoms with Gasteiger partial charge in [-0.2, -0.15) is 11.8 Å². The van der Waals surface area contributed by atoms with Crippen LogP contribution < -0.4 is 11.1 Å². The summed E-state index contributed by atoms with van der Waals surface area (Å²) in [6.07, 6.45) is 0. The molecular weight excluding hydrogens is 242 g/mol. The lowest BCUT2D eigenvalue weighted by molar-refractivity contribution is 0.725. The molecule has 0 unspecified atom stereocenters. The van der Waals surface area contributed by atoms with Gasteiger partial charge in [-0.1, -0.05) is 29.8 Å². The van der Waals surface area contributed by atoms with E-state index in [4.69, 9.17) is 5.73 Å². The zero-order chi connectivity index (χ0) is 13.4. The lowest BCUT2D eigenvalue weighted by Gasteiger charge is -2.08. The molecule has 4 heteroatoms. The van der Waals surface area contributed by atoms with Crippen LogP contribution in [0.5, 0.6) is 0 Å². The molecule has 1 aromatic carbocycles. The Morgan fingerprint density at radius 2 is 2.00 bits per heavy atom. The quantitative estimate of drug-likeness (QED) is 0.472. The zero-order valence-corrected chi connectivity index (χ0v) is 12.3. The highest BCUT2D eigenvalue weighted by Gasteiger charge is 1.95. The Kier molecular flexibility index (Phi) is 6.65. The highest BCUT2D eigenvalue weighted by atomic mass is 32.2. The largest absolute Gasteiger partial charge is 0.370 e. The monoisotopic (exact) mass is 265 g/mol. The van der Waals surface area contributed by atoms with Crippen molar-refractivity contribution >= 4 is 17.7 Å². The number of hydrogen-bond acceptors (Lipinski definition) is 2. The minimum atomic E-state index is 0.342. The van der Waals surface area contributed by atoms with Gasteiger partial charge in [0, 0.05) is 17.5 Å². The van der Waals surface area contributed by atoms with E-state index < -0.39 is 0 Å². The number of hydrogen-bond donors (Lipinski definition) is 2. The molecule has 3 nitrogen and oxygen atoms in total.